The van der Waals surface area contributed by atoms with Crippen molar-refractivity contribution in [2.45, 2.75) is 44.8 Å². The van der Waals surface area contributed by atoms with Crippen LogP contribution in [0.15, 0.2) is 24.3 Å². The first-order valence-electron chi connectivity index (χ1n) is 6.06. The average molecular weight is 221 g/mol. The molecule has 2 atom stereocenters. The van der Waals surface area contributed by atoms with Gasteiger partial charge in [-0.15, -0.1) is 0 Å². The Labute approximate surface area is 97.1 Å². The average Bonchev–Trinajstić information content (AvgIpc) is 2.75. The van der Waals surface area contributed by atoms with Crippen molar-refractivity contribution in [2.24, 2.45) is 0 Å². The maximum atomic E-state index is 14.5. The maximum absolute atomic E-state index is 14.5. The van der Waals surface area contributed by atoms with Crippen molar-refractivity contribution in [1.82, 2.24) is 5.32 Å². The molecule has 1 aromatic rings. The van der Waals surface area contributed by atoms with Crippen LogP contribution in [0.2, 0.25) is 0 Å². The molecule has 88 valence electrons. The van der Waals surface area contributed by atoms with Gasteiger partial charge in [-0.05, 0) is 38.8 Å². The fraction of sp³-hybridized carbons (Fsp3) is 0.571. The first-order chi connectivity index (χ1) is 7.58. The summed E-state index contributed by atoms with van der Waals surface area (Å²) in [6, 6.07) is 8.18. The van der Waals surface area contributed by atoms with Crippen LogP contribution in [0.25, 0.3) is 0 Å². The Balaban J connectivity index is 2.04. The second-order valence-corrected chi connectivity index (χ2v) is 5.09. The third-order valence-electron chi connectivity index (χ3n) is 3.46. The zero-order valence-electron chi connectivity index (χ0n) is 10.1. The van der Waals surface area contributed by atoms with Crippen LogP contribution in [0.3, 0.4) is 0 Å². The summed E-state index contributed by atoms with van der Waals surface area (Å²) in [6.07, 6.45) is 2.56. The van der Waals surface area contributed by atoms with E-state index in [0.717, 1.165) is 24.9 Å². The van der Waals surface area contributed by atoms with E-state index in [1.807, 2.05) is 24.3 Å². The van der Waals surface area contributed by atoms with Crippen LogP contribution in [0.1, 0.15) is 30.9 Å². The first kappa shape index (κ1) is 11.6. The third-order valence-corrected chi connectivity index (χ3v) is 3.46. The van der Waals surface area contributed by atoms with E-state index in [0.29, 0.717) is 6.42 Å². The third kappa shape index (κ3) is 2.62. The highest BCUT2D eigenvalue weighted by Gasteiger charge is 2.35. The molecule has 0 bridgehead atoms. The molecule has 16 heavy (non-hydrogen) atoms. The molecule has 1 saturated heterocycles. The van der Waals surface area contributed by atoms with Crippen molar-refractivity contribution in [1.29, 1.82) is 0 Å². The summed E-state index contributed by atoms with van der Waals surface area (Å²) in [6.45, 7) is 4.73. The normalized spacial score (nSPS) is 24.3. The minimum absolute atomic E-state index is 0.0220. The van der Waals surface area contributed by atoms with Crippen LogP contribution >= 0.6 is 0 Å². The number of benzene rings is 1. The Kier molecular flexibility index (Phi) is 3.29. The monoisotopic (exact) mass is 221 g/mol. The van der Waals surface area contributed by atoms with Gasteiger partial charge < -0.3 is 5.32 Å². The van der Waals surface area contributed by atoms with Gasteiger partial charge in [0.15, 0.2) is 0 Å². The lowest BCUT2D eigenvalue weighted by molar-refractivity contribution is 0.137. The standard InChI is InChI=1S/C14H20FN/c1-11-5-7-12(8-6-11)10-14(2,15)13-4-3-9-16-13/h5-8,13,16H,3-4,9-10H2,1-2H3. The van der Waals surface area contributed by atoms with Gasteiger partial charge in [-0.25, -0.2) is 4.39 Å². The van der Waals surface area contributed by atoms with Crippen molar-refractivity contribution < 1.29 is 4.39 Å². The predicted octanol–water partition coefficient (Wildman–Crippen LogP) is 3.02. The summed E-state index contributed by atoms with van der Waals surface area (Å²) in [7, 11) is 0. The van der Waals surface area contributed by atoms with Crippen LogP contribution in [0.5, 0.6) is 0 Å². The highest BCUT2D eigenvalue weighted by molar-refractivity contribution is 5.23. The highest BCUT2D eigenvalue weighted by Crippen LogP contribution is 2.27. The SMILES string of the molecule is Cc1ccc(CC(C)(F)C2CCCN2)cc1. The van der Waals surface area contributed by atoms with Crippen LogP contribution < -0.4 is 5.32 Å². The highest BCUT2D eigenvalue weighted by atomic mass is 19.1. The molecule has 2 unspecified atom stereocenters. The van der Waals surface area contributed by atoms with E-state index in [4.69, 9.17) is 0 Å². The lowest BCUT2D eigenvalue weighted by Gasteiger charge is -2.27. The van der Waals surface area contributed by atoms with Crippen molar-refractivity contribution in [3.05, 3.63) is 35.4 Å². The molecule has 2 rings (SSSR count). The Hall–Kier alpha value is -0.890. The lowest BCUT2D eigenvalue weighted by Crippen LogP contribution is -2.43. The fourth-order valence-electron chi connectivity index (χ4n) is 2.43. The molecule has 1 nitrogen and oxygen atoms in total. The number of aryl methyl sites for hydroxylation is 1. The number of alkyl halides is 1. The minimum atomic E-state index is -1.13. The predicted molar refractivity (Wildman–Crippen MR) is 65.4 cm³/mol. The molecule has 1 fully saturated rings. The summed E-state index contributed by atoms with van der Waals surface area (Å²) in [5.74, 6) is 0. The van der Waals surface area contributed by atoms with Crippen LogP contribution in [0.4, 0.5) is 4.39 Å². The largest absolute Gasteiger partial charge is 0.311 e. The van der Waals surface area contributed by atoms with E-state index < -0.39 is 5.67 Å². The van der Waals surface area contributed by atoms with E-state index in [1.165, 1.54) is 5.56 Å². The van der Waals surface area contributed by atoms with Gasteiger partial charge in [-0.1, -0.05) is 29.8 Å². The molecule has 0 aromatic heterocycles. The number of hydrogen-bond donors (Lipinski definition) is 1. The van der Waals surface area contributed by atoms with Gasteiger partial charge in [0.1, 0.15) is 5.67 Å². The molecule has 0 saturated carbocycles. The molecular formula is C14H20FN. The van der Waals surface area contributed by atoms with Crippen LogP contribution in [0, 0.1) is 6.92 Å². The maximum Gasteiger partial charge on any atom is 0.127 e. The molecule has 1 aromatic carbocycles. The molecule has 1 N–H and O–H groups in total. The van der Waals surface area contributed by atoms with Crippen molar-refractivity contribution in [2.75, 3.05) is 6.54 Å². The topological polar surface area (TPSA) is 12.0 Å². The molecule has 1 aliphatic rings. The van der Waals surface area contributed by atoms with Crippen molar-refractivity contribution in [3.63, 3.8) is 0 Å². The van der Waals surface area contributed by atoms with Crippen LogP contribution in [-0.4, -0.2) is 18.3 Å². The zero-order chi connectivity index (χ0) is 11.6. The molecule has 0 spiro atoms. The quantitative estimate of drug-likeness (QED) is 0.827. The summed E-state index contributed by atoms with van der Waals surface area (Å²) in [5, 5.41) is 3.25. The summed E-state index contributed by atoms with van der Waals surface area (Å²) in [4.78, 5) is 0. The van der Waals surface area contributed by atoms with Crippen LogP contribution in [-0.2, 0) is 6.42 Å². The fourth-order valence-corrected chi connectivity index (χ4v) is 2.43. The smallest absolute Gasteiger partial charge is 0.127 e. The van der Waals surface area contributed by atoms with Gasteiger partial charge in [-0.2, -0.15) is 0 Å². The molecule has 0 amide bonds. The first-order valence-corrected chi connectivity index (χ1v) is 6.06. The molecule has 0 aliphatic carbocycles. The summed E-state index contributed by atoms with van der Waals surface area (Å²) >= 11 is 0. The molecule has 0 radical (unpaired) electrons. The Morgan fingerprint density at radius 3 is 2.62 bits per heavy atom. The van der Waals surface area contributed by atoms with E-state index in [9.17, 15) is 4.39 Å². The lowest BCUT2D eigenvalue weighted by atomic mass is 9.89. The summed E-state index contributed by atoms with van der Waals surface area (Å²) < 4.78 is 14.5. The molecule has 1 aliphatic heterocycles. The van der Waals surface area contributed by atoms with Gasteiger partial charge in [0, 0.05) is 12.5 Å². The van der Waals surface area contributed by atoms with Crippen molar-refractivity contribution in [3.8, 4) is 0 Å². The van der Waals surface area contributed by atoms with Gasteiger partial charge in [0.2, 0.25) is 0 Å². The van der Waals surface area contributed by atoms with Gasteiger partial charge in [0.05, 0.1) is 0 Å². The molecule has 1 heterocycles. The number of rotatable bonds is 3. The van der Waals surface area contributed by atoms with E-state index >= 15 is 0 Å². The van der Waals surface area contributed by atoms with Gasteiger partial charge in [-0.3, -0.25) is 0 Å². The van der Waals surface area contributed by atoms with Gasteiger partial charge >= 0.3 is 0 Å². The zero-order valence-corrected chi connectivity index (χ0v) is 10.1. The number of hydrogen-bond acceptors (Lipinski definition) is 1. The van der Waals surface area contributed by atoms with E-state index in [-0.39, 0.29) is 6.04 Å². The minimum Gasteiger partial charge on any atom is -0.311 e. The van der Waals surface area contributed by atoms with E-state index in [2.05, 4.69) is 12.2 Å². The van der Waals surface area contributed by atoms with Crippen molar-refractivity contribution >= 4 is 0 Å². The Morgan fingerprint density at radius 2 is 2.06 bits per heavy atom. The number of halogens is 1. The molecule has 2 heteroatoms. The second kappa shape index (κ2) is 4.54. The number of nitrogens with one attached hydrogen (secondary N) is 1. The summed E-state index contributed by atoms with van der Waals surface area (Å²) in [5.41, 5.74) is 1.18. The Morgan fingerprint density at radius 1 is 1.38 bits per heavy atom. The van der Waals surface area contributed by atoms with Gasteiger partial charge in [0.25, 0.3) is 0 Å². The molecular weight excluding hydrogens is 201 g/mol. The van der Waals surface area contributed by atoms with E-state index in [1.54, 1.807) is 6.92 Å². The second-order valence-electron chi connectivity index (χ2n) is 5.09. The Bertz CT molecular complexity index is 336.